The molecule has 0 unspecified atom stereocenters. The molecule has 8 N–H and O–H groups in total. The van der Waals surface area contributed by atoms with E-state index in [1.807, 2.05) is 0 Å². The van der Waals surface area contributed by atoms with Gasteiger partial charge in [-0.3, -0.25) is 14.4 Å². The molecule has 0 amide bonds. The summed E-state index contributed by atoms with van der Waals surface area (Å²) >= 11 is 0. The molecule has 0 aromatic rings. The highest BCUT2D eigenvalue weighted by molar-refractivity contribution is 5.72. The molecular weight excluding hydrogens is 1060 g/mol. The van der Waals surface area contributed by atoms with E-state index in [0.29, 0.717) is 25.7 Å². The average Bonchev–Trinajstić information content (AvgIpc) is 3.42. The lowest BCUT2D eigenvalue weighted by Gasteiger charge is -2.51. The highest BCUT2D eigenvalue weighted by atomic mass is 16.8. The van der Waals surface area contributed by atoms with Crippen molar-refractivity contribution in [2.24, 2.45) is 11.8 Å². The molecule has 6 aliphatic rings. The highest BCUT2D eigenvalue weighted by Gasteiger charge is 2.58. The fraction of sp³-hybridized carbons (Fsp3) is 0.946. The maximum Gasteiger partial charge on any atom is 0.309 e. The van der Waals surface area contributed by atoms with Gasteiger partial charge in [0.2, 0.25) is 0 Å². The van der Waals surface area contributed by atoms with Gasteiger partial charge in [0.05, 0.1) is 48.5 Å². The number of aliphatic hydroxyl groups is 8. The van der Waals surface area contributed by atoms with Crippen molar-refractivity contribution in [3.8, 4) is 0 Å². The number of esters is 3. The number of fused-ring (bicyclic) bond motifs is 2. The molecule has 0 aromatic carbocycles. The number of rotatable bonds is 16. The number of carbonyl (C=O) groups is 3. The minimum absolute atomic E-state index is 0.0244. The zero-order chi connectivity index (χ0) is 58.7. The molecule has 6 heterocycles. The van der Waals surface area contributed by atoms with Crippen molar-refractivity contribution < 1.29 is 117 Å². The van der Waals surface area contributed by atoms with Gasteiger partial charge in [-0.1, -0.05) is 92.4 Å². The lowest BCUT2D eigenvalue weighted by atomic mass is 9.95. The molecule has 24 nitrogen and oxygen atoms in total. The molecule has 24 heteroatoms. The van der Waals surface area contributed by atoms with Crippen LogP contribution in [0.2, 0.25) is 0 Å². The Labute approximate surface area is 470 Å². The smallest absolute Gasteiger partial charge is 0.309 e. The van der Waals surface area contributed by atoms with Gasteiger partial charge >= 0.3 is 17.9 Å². The second-order valence-electron chi connectivity index (χ2n) is 23.0. The van der Waals surface area contributed by atoms with Gasteiger partial charge in [0, 0.05) is 6.42 Å². The molecule has 6 saturated heterocycles. The molecule has 0 saturated carbocycles. The summed E-state index contributed by atoms with van der Waals surface area (Å²) in [5.41, 5.74) is 0. The summed E-state index contributed by atoms with van der Waals surface area (Å²) in [7, 11) is 0. The lowest BCUT2D eigenvalue weighted by Crippen LogP contribution is -2.68. The molecule has 80 heavy (non-hydrogen) atoms. The first-order valence-electron chi connectivity index (χ1n) is 29.6. The first-order chi connectivity index (χ1) is 38.0. The Balaban J connectivity index is 1.35. The van der Waals surface area contributed by atoms with Crippen LogP contribution in [0.5, 0.6) is 0 Å². The normalized spacial score (nSPS) is 44.6. The minimum Gasteiger partial charge on any atom is -0.457 e. The third kappa shape index (κ3) is 16.8. The Kier molecular flexibility index (Phi) is 26.1. The Morgan fingerprint density at radius 3 is 1.60 bits per heavy atom. The molecule has 28 atom stereocenters. The van der Waals surface area contributed by atoms with E-state index in [-0.39, 0.29) is 12.5 Å². The van der Waals surface area contributed by atoms with Gasteiger partial charge in [-0.25, -0.2) is 0 Å². The van der Waals surface area contributed by atoms with Crippen LogP contribution >= 0.6 is 0 Å². The summed E-state index contributed by atoms with van der Waals surface area (Å²) in [6.07, 6.45) is -27.3. The SMILES string of the molecule is CCCCC[C@H]1CCCCCCCCCC(=O)O[C@H]2[C@H](O[C@H]3[C@H](O1)O[C@H](C)[C@H](O)[C@@H]3O)O[C@@H](C)[C@H](O[C@@H]1O[C@@H](C)[C@H](O[C@@H]3O[C@@H](C)[C@H](OC(=O)[C@@H](C)CC)[C@@H](O)[C@H]3O)[C@@H](O[C@@H]3O[C@@H](C)[C@H](O)[C@@H](O)[C@H]3O)[C@H]1OC(=O)[C@@H](C)CC)[C@H]2O. The Bertz CT molecular complexity index is 1880. The van der Waals surface area contributed by atoms with Gasteiger partial charge in [0.25, 0.3) is 0 Å². The van der Waals surface area contributed by atoms with Crippen LogP contribution in [-0.4, -0.2) is 218 Å². The number of unbranched alkanes of at least 4 members (excludes halogenated alkanes) is 2. The van der Waals surface area contributed by atoms with Crippen LogP contribution < -0.4 is 0 Å². The van der Waals surface area contributed by atoms with Crippen molar-refractivity contribution in [3.63, 3.8) is 0 Å². The molecule has 0 aromatic heterocycles. The van der Waals surface area contributed by atoms with Crippen LogP contribution in [-0.2, 0) is 76.0 Å². The lowest BCUT2D eigenvalue weighted by molar-refractivity contribution is -0.399. The van der Waals surface area contributed by atoms with Crippen LogP contribution in [0.25, 0.3) is 0 Å². The molecule has 0 aliphatic carbocycles. The molecule has 464 valence electrons. The van der Waals surface area contributed by atoms with Gasteiger partial charge in [-0.05, 0) is 66.7 Å². The summed E-state index contributed by atoms with van der Waals surface area (Å²) in [6, 6.07) is 0. The zero-order valence-corrected chi connectivity index (χ0v) is 48.4. The number of carbonyl (C=O) groups excluding carboxylic acids is 3. The monoisotopic (exact) mass is 1150 g/mol. The van der Waals surface area contributed by atoms with Crippen LogP contribution in [0, 0.1) is 11.8 Å². The topological polar surface area (TPSA) is 333 Å². The fourth-order valence-corrected chi connectivity index (χ4v) is 10.9. The van der Waals surface area contributed by atoms with Crippen molar-refractivity contribution in [1.82, 2.24) is 0 Å². The Hall–Kier alpha value is -2.31. The minimum atomic E-state index is -1.91. The van der Waals surface area contributed by atoms with E-state index in [4.69, 9.17) is 61.6 Å². The van der Waals surface area contributed by atoms with Crippen molar-refractivity contribution in [2.45, 2.75) is 325 Å². The van der Waals surface area contributed by atoms with E-state index >= 15 is 0 Å². The maximum absolute atomic E-state index is 14.0. The molecule has 6 rings (SSSR count). The van der Waals surface area contributed by atoms with Gasteiger partial charge in [0.15, 0.2) is 49.8 Å². The standard InChI is InChI=1S/C56H96O24/c1-11-14-20-23-33-24-21-18-16-15-17-19-22-25-34(57)74-47-42(65)44(31(9)71-55(47)79-46-38(61)36(59)29(7)69-54(46)73-33)77-56-49(76-51(67)27(5)13-3)48(80-52-40(63)37(60)35(58)28(6)68-52)45(32(10)72-56)78-53-41(64)39(62)43(30(8)70-53)75-50(66)26(4)12-2/h26-33,35-49,52-56,58-65H,11-25H2,1-10H3/t26-,27-,28-,29+,30-,31-,32-,33-,35-,36-,37+,38-,39-,40+,41+,42+,43-,44-,45-,46+,47+,48+,49+,52-,53-,54-,55-,56-/m0/s1. The molecular formula is C56H96O24. The van der Waals surface area contributed by atoms with Gasteiger partial charge in [-0.15, -0.1) is 0 Å². The third-order valence-electron chi connectivity index (χ3n) is 16.7. The quantitative estimate of drug-likeness (QED) is 0.0625. The van der Waals surface area contributed by atoms with Crippen molar-refractivity contribution in [1.29, 1.82) is 0 Å². The fourth-order valence-electron chi connectivity index (χ4n) is 10.9. The molecule has 0 radical (unpaired) electrons. The van der Waals surface area contributed by atoms with Crippen molar-refractivity contribution in [2.75, 3.05) is 0 Å². The maximum atomic E-state index is 14.0. The van der Waals surface area contributed by atoms with E-state index in [1.54, 1.807) is 34.6 Å². The summed E-state index contributed by atoms with van der Waals surface area (Å²) < 4.78 is 81.6. The average molecular weight is 1150 g/mol. The van der Waals surface area contributed by atoms with E-state index < -0.39 is 183 Å². The first kappa shape index (κ1) is 66.8. The number of hydrogen-bond acceptors (Lipinski definition) is 24. The second-order valence-corrected chi connectivity index (χ2v) is 23.0. The third-order valence-corrected chi connectivity index (χ3v) is 16.7. The molecule has 6 fully saturated rings. The van der Waals surface area contributed by atoms with E-state index in [0.717, 1.165) is 64.2 Å². The predicted molar refractivity (Wildman–Crippen MR) is 278 cm³/mol. The van der Waals surface area contributed by atoms with E-state index in [2.05, 4.69) is 6.92 Å². The summed E-state index contributed by atoms with van der Waals surface area (Å²) in [5, 5.41) is 91.3. The van der Waals surface area contributed by atoms with Gasteiger partial charge in [-0.2, -0.15) is 0 Å². The largest absolute Gasteiger partial charge is 0.457 e. The second kappa shape index (κ2) is 31.2. The summed E-state index contributed by atoms with van der Waals surface area (Å²) in [6.45, 7) is 16.5. The Morgan fingerprint density at radius 1 is 0.475 bits per heavy atom. The van der Waals surface area contributed by atoms with Crippen LogP contribution in [0.1, 0.15) is 166 Å². The van der Waals surface area contributed by atoms with Crippen LogP contribution in [0.3, 0.4) is 0 Å². The first-order valence-corrected chi connectivity index (χ1v) is 29.6. The predicted octanol–water partition coefficient (Wildman–Crippen LogP) is 2.46. The molecule has 6 aliphatic heterocycles. The number of aliphatic hydroxyl groups excluding tert-OH is 8. The summed E-state index contributed by atoms with van der Waals surface area (Å²) in [4.78, 5) is 40.7. The van der Waals surface area contributed by atoms with Crippen LogP contribution in [0.4, 0.5) is 0 Å². The van der Waals surface area contributed by atoms with Gasteiger partial charge < -0.3 is 102 Å². The Morgan fingerprint density at radius 2 is 0.963 bits per heavy atom. The number of ether oxygens (including phenoxy) is 13. The number of hydrogen-bond donors (Lipinski definition) is 8. The zero-order valence-electron chi connectivity index (χ0n) is 48.4. The summed E-state index contributed by atoms with van der Waals surface area (Å²) in [5.74, 6) is -3.38. The molecule has 0 bridgehead atoms. The van der Waals surface area contributed by atoms with E-state index in [9.17, 15) is 55.2 Å². The van der Waals surface area contributed by atoms with Crippen LogP contribution in [0.15, 0.2) is 0 Å². The van der Waals surface area contributed by atoms with Gasteiger partial charge in [0.1, 0.15) is 73.2 Å². The van der Waals surface area contributed by atoms with Crippen molar-refractivity contribution >= 4 is 17.9 Å². The highest BCUT2D eigenvalue weighted by Crippen LogP contribution is 2.39. The van der Waals surface area contributed by atoms with E-state index in [1.165, 1.54) is 27.7 Å². The molecule has 0 spiro atoms. The van der Waals surface area contributed by atoms with Crippen molar-refractivity contribution in [3.05, 3.63) is 0 Å².